The first-order chi connectivity index (χ1) is 9.71. The molecule has 21 heavy (non-hydrogen) atoms. The van der Waals surface area contributed by atoms with Crippen molar-refractivity contribution in [2.75, 3.05) is 0 Å². The highest BCUT2D eigenvalue weighted by Crippen LogP contribution is 2.31. The van der Waals surface area contributed by atoms with Crippen molar-refractivity contribution in [2.45, 2.75) is 38.3 Å². The van der Waals surface area contributed by atoms with Crippen molar-refractivity contribution < 1.29 is 13.2 Å². The molecule has 1 N–H and O–H groups in total. The lowest BCUT2D eigenvalue weighted by Gasteiger charge is -2.11. The van der Waals surface area contributed by atoms with Gasteiger partial charge in [0.1, 0.15) is 11.4 Å². The number of para-hydroxylation sites is 1. The van der Waals surface area contributed by atoms with Crippen LogP contribution in [0.25, 0.3) is 10.9 Å². The highest BCUT2D eigenvalue weighted by atomic mass is 35.7. The van der Waals surface area contributed by atoms with Crippen LogP contribution in [-0.4, -0.2) is 24.9 Å². The smallest absolute Gasteiger partial charge is 0.263 e. The summed E-state index contributed by atoms with van der Waals surface area (Å²) in [6.07, 6.45) is 0. The molecule has 1 aromatic carbocycles. The summed E-state index contributed by atoms with van der Waals surface area (Å²) in [7, 11) is 1.66. The maximum atomic E-state index is 12.0. The Morgan fingerprint density at radius 1 is 1.33 bits per heavy atom. The molecular formula is C14H17ClN2O3S. The second-order valence-electron chi connectivity index (χ2n) is 5.18. The summed E-state index contributed by atoms with van der Waals surface area (Å²) in [4.78, 5) is 12.0. The van der Waals surface area contributed by atoms with Gasteiger partial charge in [-0.1, -0.05) is 18.2 Å². The Morgan fingerprint density at radius 3 is 2.52 bits per heavy atom. The first-order valence-electron chi connectivity index (χ1n) is 6.53. The molecule has 0 unspecified atom stereocenters. The van der Waals surface area contributed by atoms with Gasteiger partial charge in [0.2, 0.25) is 5.91 Å². The van der Waals surface area contributed by atoms with Gasteiger partial charge in [0.25, 0.3) is 9.05 Å². The third-order valence-corrected chi connectivity index (χ3v) is 4.63. The van der Waals surface area contributed by atoms with Crippen LogP contribution in [0.4, 0.5) is 0 Å². The third-order valence-electron chi connectivity index (χ3n) is 3.17. The van der Waals surface area contributed by atoms with E-state index in [1.165, 1.54) is 0 Å². The summed E-state index contributed by atoms with van der Waals surface area (Å²) in [5.41, 5.74) is 1.14. The lowest BCUT2D eigenvalue weighted by atomic mass is 10.2. The number of carbonyl (C=O) groups excluding carboxylic acids is 1. The molecular weight excluding hydrogens is 312 g/mol. The quantitative estimate of drug-likeness (QED) is 0.876. The molecule has 1 aromatic heterocycles. The van der Waals surface area contributed by atoms with Gasteiger partial charge in [-0.15, -0.1) is 0 Å². The summed E-state index contributed by atoms with van der Waals surface area (Å²) in [6.45, 7) is 5.44. The van der Waals surface area contributed by atoms with Gasteiger partial charge in [0.05, 0.1) is 5.52 Å². The van der Waals surface area contributed by atoms with Gasteiger partial charge in [0, 0.05) is 27.8 Å². The fourth-order valence-corrected chi connectivity index (χ4v) is 3.90. The van der Waals surface area contributed by atoms with Crippen molar-refractivity contribution in [1.29, 1.82) is 0 Å². The van der Waals surface area contributed by atoms with Crippen molar-refractivity contribution in [3.8, 4) is 0 Å². The Morgan fingerprint density at radius 2 is 1.95 bits per heavy atom. The van der Waals surface area contributed by atoms with Crippen molar-refractivity contribution in [3.05, 3.63) is 30.0 Å². The van der Waals surface area contributed by atoms with Gasteiger partial charge in [-0.2, -0.15) is 0 Å². The van der Waals surface area contributed by atoms with Crippen LogP contribution in [-0.2, 0) is 20.4 Å². The number of aromatic nitrogens is 1. The summed E-state index contributed by atoms with van der Waals surface area (Å²) in [6, 6.07) is 7.02. The number of fused-ring (bicyclic) bond motifs is 1. The zero-order chi connectivity index (χ0) is 15.8. The molecule has 0 saturated heterocycles. The molecule has 0 spiro atoms. The minimum absolute atomic E-state index is 0.0239. The monoisotopic (exact) mass is 328 g/mol. The Hall–Kier alpha value is -1.53. The highest BCUT2D eigenvalue weighted by Gasteiger charge is 2.23. The fourth-order valence-electron chi connectivity index (χ4n) is 2.42. The number of rotatable bonds is 4. The second kappa shape index (κ2) is 5.69. The van der Waals surface area contributed by atoms with Gasteiger partial charge in [0.15, 0.2) is 0 Å². The number of hydrogen-bond acceptors (Lipinski definition) is 3. The third kappa shape index (κ3) is 3.22. The van der Waals surface area contributed by atoms with E-state index in [0.717, 1.165) is 0 Å². The molecule has 2 aromatic rings. The molecule has 0 fully saturated rings. The van der Waals surface area contributed by atoms with E-state index in [1.807, 2.05) is 13.8 Å². The number of hydrogen-bond donors (Lipinski definition) is 1. The highest BCUT2D eigenvalue weighted by molar-refractivity contribution is 8.14. The average Bonchev–Trinajstić information content (AvgIpc) is 2.61. The van der Waals surface area contributed by atoms with E-state index in [2.05, 4.69) is 5.32 Å². The Kier molecular flexibility index (Phi) is 4.30. The zero-order valence-electron chi connectivity index (χ0n) is 12.1. The van der Waals surface area contributed by atoms with Crippen LogP contribution in [0.3, 0.4) is 0 Å². The standard InChI is InChI=1S/C14H17ClN2O3S/c1-9(2)16-13(18)8-17-10(3)14(21(15,19)20)11-6-4-5-7-12(11)17/h4-7,9H,8H2,1-3H3,(H,16,18). The number of carbonyl (C=O) groups is 1. The molecule has 0 radical (unpaired) electrons. The topological polar surface area (TPSA) is 68.2 Å². The maximum absolute atomic E-state index is 12.0. The first-order valence-corrected chi connectivity index (χ1v) is 8.84. The number of nitrogens with one attached hydrogen (secondary N) is 1. The molecule has 0 bridgehead atoms. The lowest BCUT2D eigenvalue weighted by Crippen LogP contribution is -2.33. The maximum Gasteiger partial charge on any atom is 0.263 e. The minimum Gasteiger partial charge on any atom is -0.352 e. The molecule has 0 saturated carbocycles. The predicted molar refractivity (Wildman–Crippen MR) is 83.0 cm³/mol. The van der Waals surface area contributed by atoms with Crippen LogP contribution < -0.4 is 5.32 Å². The van der Waals surface area contributed by atoms with E-state index in [1.54, 1.807) is 35.8 Å². The minimum atomic E-state index is -3.88. The summed E-state index contributed by atoms with van der Waals surface area (Å²) >= 11 is 0. The van der Waals surface area contributed by atoms with Crippen molar-refractivity contribution in [2.24, 2.45) is 0 Å². The van der Waals surface area contributed by atoms with Crippen molar-refractivity contribution in [3.63, 3.8) is 0 Å². The van der Waals surface area contributed by atoms with Crippen LogP contribution in [0.2, 0.25) is 0 Å². The van der Waals surface area contributed by atoms with Crippen LogP contribution >= 0.6 is 10.7 Å². The molecule has 114 valence electrons. The molecule has 7 heteroatoms. The molecule has 5 nitrogen and oxygen atoms in total. The second-order valence-corrected chi connectivity index (χ2v) is 7.68. The molecule has 0 aliphatic heterocycles. The van der Waals surface area contributed by atoms with Crippen LogP contribution in [0, 0.1) is 6.92 Å². The molecule has 0 aliphatic carbocycles. The molecule has 1 amide bonds. The molecule has 0 aliphatic rings. The Balaban J connectivity index is 2.60. The Labute approximate surface area is 128 Å². The summed E-state index contributed by atoms with van der Waals surface area (Å²) in [5.74, 6) is -0.174. The van der Waals surface area contributed by atoms with Crippen LogP contribution in [0.1, 0.15) is 19.5 Å². The number of amides is 1. The van der Waals surface area contributed by atoms with Crippen LogP contribution in [0.15, 0.2) is 29.2 Å². The van der Waals surface area contributed by atoms with Crippen molar-refractivity contribution in [1.82, 2.24) is 9.88 Å². The van der Waals surface area contributed by atoms with E-state index < -0.39 is 9.05 Å². The van der Waals surface area contributed by atoms with E-state index in [9.17, 15) is 13.2 Å². The van der Waals surface area contributed by atoms with E-state index >= 15 is 0 Å². The van der Waals surface area contributed by atoms with Gasteiger partial charge in [-0.25, -0.2) is 8.42 Å². The van der Waals surface area contributed by atoms with E-state index in [0.29, 0.717) is 16.6 Å². The van der Waals surface area contributed by atoms with E-state index in [4.69, 9.17) is 10.7 Å². The van der Waals surface area contributed by atoms with Gasteiger partial charge < -0.3 is 9.88 Å². The number of nitrogens with zero attached hydrogens (tertiary/aromatic N) is 1. The Bertz CT molecular complexity index is 794. The van der Waals surface area contributed by atoms with Gasteiger partial charge in [-0.05, 0) is 26.8 Å². The van der Waals surface area contributed by atoms with Crippen molar-refractivity contribution >= 4 is 36.5 Å². The lowest BCUT2D eigenvalue weighted by molar-refractivity contribution is -0.122. The SMILES string of the molecule is Cc1c(S(=O)(=O)Cl)c2ccccc2n1CC(=O)NC(C)C. The van der Waals surface area contributed by atoms with E-state index in [-0.39, 0.29) is 23.4 Å². The van der Waals surface area contributed by atoms with Gasteiger partial charge >= 0.3 is 0 Å². The van der Waals surface area contributed by atoms with Gasteiger partial charge in [-0.3, -0.25) is 4.79 Å². The molecule has 1 heterocycles. The normalized spacial score (nSPS) is 12.0. The molecule has 2 rings (SSSR count). The number of benzene rings is 1. The van der Waals surface area contributed by atoms with Crippen LogP contribution in [0.5, 0.6) is 0 Å². The first kappa shape index (κ1) is 15.9. The predicted octanol–water partition coefficient (Wildman–Crippen LogP) is 2.40. The fraction of sp³-hybridized carbons (Fsp3) is 0.357. The summed E-state index contributed by atoms with van der Waals surface area (Å²) < 4.78 is 25.3. The largest absolute Gasteiger partial charge is 0.352 e. The summed E-state index contributed by atoms with van der Waals surface area (Å²) in [5, 5.41) is 3.32. The molecule has 0 atom stereocenters. The number of halogens is 1. The zero-order valence-corrected chi connectivity index (χ0v) is 13.6. The average molecular weight is 329 g/mol.